The molecule has 0 aliphatic carbocycles. The summed E-state index contributed by atoms with van der Waals surface area (Å²) in [5.41, 5.74) is 0. The van der Waals surface area contributed by atoms with Crippen molar-refractivity contribution < 1.29 is 19.0 Å². The second-order valence-electron chi connectivity index (χ2n) is 4.60. The number of amides is 1. The maximum Gasteiger partial charge on any atom is 0.407 e. The number of para-hydroxylation sites is 2. The van der Waals surface area contributed by atoms with Crippen LogP contribution in [0.15, 0.2) is 43.0 Å². The van der Waals surface area contributed by atoms with Gasteiger partial charge in [0.2, 0.25) is 0 Å². The van der Waals surface area contributed by atoms with Gasteiger partial charge in [-0.05, 0) is 12.1 Å². The van der Waals surface area contributed by atoms with E-state index in [9.17, 15) is 4.79 Å². The molecule has 1 amide bonds. The summed E-state index contributed by atoms with van der Waals surface area (Å²) in [4.78, 5) is 14.6. The molecule has 22 heavy (non-hydrogen) atoms. The number of nitrogens with one attached hydrogen (secondary N) is 1. The normalized spacial score (nSPS) is 16.1. The first-order valence-corrected chi connectivity index (χ1v) is 6.81. The highest BCUT2D eigenvalue weighted by Gasteiger charge is 2.23. The zero-order valence-corrected chi connectivity index (χ0v) is 12.6. The van der Waals surface area contributed by atoms with Crippen molar-refractivity contribution in [3.63, 3.8) is 0 Å². The third-order valence-electron chi connectivity index (χ3n) is 2.88. The number of benzene rings is 1. The minimum atomic E-state index is -0.395. The second-order valence-corrected chi connectivity index (χ2v) is 4.60. The van der Waals surface area contributed by atoms with E-state index >= 15 is 0 Å². The number of hydrogen-bond donors (Lipinski definition) is 1. The van der Waals surface area contributed by atoms with Crippen LogP contribution in [0.5, 0.6) is 11.5 Å². The first kappa shape index (κ1) is 15.7. The van der Waals surface area contributed by atoms with Crippen LogP contribution in [0.4, 0.5) is 4.79 Å². The molecule has 1 unspecified atom stereocenters. The van der Waals surface area contributed by atoms with E-state index in [1.54, 1.807) is 19.6 Å². The predicted octanol–water partition coefficient (Wildman–Crippen LogP) is 1.60. The van der Waals surface area contributed by atoms with Gasteiger partial charge in [-0.15, -0.1) is 0 Å². The Hall–Kier alpha value is -2.70. The van der Waals surface area contributed by atoms with Crippen LogP contribution >= 0.6 is 0 Å². The average molecular weight is 305 g/mol. The van der Waals surface area contributed by atoms with Crippen molar-refractivity contribution in [2.24, 2.45) is 7.05 Å². The molecule has 7 heteroatoms. The van der Waals surface area contributed by atoms with Crippen molar-refractivity contribution >= 4 is 6.09 Å². The Kier molecular flexibility index (Phi) is 5.65. The van der Waals surface area contributed by atoms with Crippen LogP contribution in [0.2, 0.25) is 0 Å². The highest BCUT2D eigenvalue weighted by Crippen LogP contribution is 2.26. The first-order valence-electron chi connectivity index (χ1n) is 6.81. The molecule has 2 heterocycles. The Bertz CT molecular complexity index is 586. The summed E-state index contributed by atoms with van der Waals surface area (Å²) in [6.45, 7) is 0.799. The van der Waals surface area contributed by atoms with Crippen LogP contribution in [-0.4, -0.2) is 42.0 Å². The van der Waals surface area contributed by atoms with E-state index in [1.165, 1.54) is 0 Å². The molecular formula is C15H19N3O4. The summed E-state index contributed by atoms with van der Waals surface area (Å²) in [5.74, 6) is 1.31. The lowest BCUT2D eigenvalue weighted by Gasteiger charge is -2.12. The Labute approximate surface area is 128 Å². The summed E-state index contributed by atoms with van der Waals surface area (Å²) < 4.78 is 17.5. The number of ether oxygens (including phenoxy) is 3. The van der Waals surface area contributed by atoms with E-state index < -0.39 is 6.09 Å². The molecule has 1 N–H and O–H groups in total. The molecule has 1 atom stereocenters. The molecule has 3 rings (SSSR count). The lowest BCUT2D eigenvalue weighted by molar-refractivity contribution is 0.103. The summed E-state index contributed by atoms with van der Waals surface area (Å²) >= 11 is 0. The topological polar surface area (TPSA) is 74.6 Å². The minimum Gasteiger partial charge on any atom is -0.493 e. The number of carbonyl (C=O) groups excluding carboxylic acids is 1. The number of cyclic esters (lactones) is 1. The van der Waals surface area contributed by atoms with E-state index in [0.717, 1.165) is 0 Å². The molecule has 2 aromatic rings. The molecule has 0 saturated carbocycles. The van der Waals surface area contributed by atoms with Gasteiger partial charge in [-0.1, -0.05) is 12.1 Å². The summed E-state index contributed by atoms with van der Waals surface area (Å²) in [5, 5.41) is 2.56. The number of methoxy groups -OCH3 is 1. The molecule has 1 aliphatic rings. The van der Waals surface area contributed by atoms with Crippen LogP contribution in [0.25, 0.3) is 0 Å². The van der Waals surface area contributed by atoms with Gasteiger partial charge in [0.05, 0.1) is 20.0 Å². The zero-order chi connectivity index (χ0) is 15.8. The molecule has 0 spiro atoms. The van der Waals surface area contributed by atoms with Gasteiger partial charge in [0.1, 0.15) is 6.61 Å². The predicted molar refractivity (Wildman–Crippen MR) is 80.0 cm³/mol. The molecular weight excluding hydrogens is 286 g/mol. The van der Waals surface area contributed by atoms with Crippen molar-refractivity contribution in [1.82, 2.24) is 14.9 Å². The quantitative estimate of drug-likeness (QED) is 0.928. The number of nitrogens with zero attached hydrogens (tertiary/aromatic N) is 2. The first-order chi connectivity index (χ1) is 10.7. The Morgan fingerprint density at radius 3 is 2.68 bits per heavy atom. The number of hydrogen-bond acceptors (Lipinski definition) is 5. The van der Waals surface area contributed by atoms with Gasteiger partial charge in [0, 0.05) is 19.4 Å². The number of aryl methyl sites for hydroxylation is 1. The molecule has 0 bridgehead atoms. The molecule has 1 saturated heterocycles. The highest BCUT2D eigenvalue weighted by atomic mass is 16.6. The SMILES string of the molecule is COc1ccccc1OCC1CNC(=O)O1.Cn1ccnc1. The van der Waals surface area contributed by atoms with E-state index in [2.05, 4.69) is 10.3 Å². The average Bonchev–Trinajstić information content (AvgIpc) is 3.17. The molecule has 0 radical (unpaired) electrons. The number of carbonyl (C=O) groups is 1. The summed E-state index contributed by atoms with van der Waals surface area (Å²) in [6, 6.07) is 7.34. The fourth-order valence-corrected chi connectivity index (χ4v) is 1.77. The Balaban J connectivity index is 0.000000246. The van der Waals surface area contributed by atoms with E-state index in [0.29, 0.717) is 24.7 Å². The second kappa shape index (κ2) is 7.92. The molecule has 1 aromatic heterocycles. The lowest BCUT2D eigenvalue weighted by atomic mass is 10.3. The van der Waals surface area contributed by atoms with Crippen LogP contribution in [-0.2, 0) is 11.8 Å². The van der Waals surface area contributed by atoms with Gasteiger partial charge in [-0.25, -0.2) is 9.78 Å². The third-order valence-corrected chi connectivity index (χ3v) is 2.88. The largest absolute Gasteiger partial charge is 0.493 e. The summed E-state index contributed by atoms with van der Waals surface area (Å²) in [6.07, 6.45) is 4.76. The van der Waals surface area contributed by atoms with Crippen molar-refractivity contribution in [3.8, 4) is 11.5 Å². The number of alkyl carbamates (subject to hydrolysis) is 1. The fraction of sp³-hybridized carbons (Fsp3) is 0.333. The van der Waals surface area contributed by atoms with Gasteiger partial charge in [-0.2, -0.15) is 0 Å². The van der Waals surface area contributed by atoms with Crippen LogP contribution in [0, 0.1) is 0 Å². The van der Waals surface area contributed by atoms with Crippen LogP contribution < -0.4 is 14.8 Å². The highest BCUT2D eigenvalue weighted by molar-refractivity contribution is 5.69. The molecule has 1 fully saturated rings. The minimum absolute atomic E-state index is 0.239. The van der Waals surface area contributed by atoms with Gasteiger partial charge in [0.15, 0.2) is 17.6 Å². The molecule has 7 nitrogen and oxygen atoms in total. The smallest absolute Gasteiger partial charge is 0.407 e. The summed E-state index contributed by atoms with van der Waals surface area (Å²) in [7, 11) is 3.52. The van der Waals surface area contributed by atoms with Crippen LogP contribution in [0.1, 0.15) is 0 Å². The van der Waals surface area contributed by atoms with Gasteiger partial charge >= 0.3 is 6.09 Å². The Morgan fingerprint density at radius 2 is 2.18 bits per heavy atom. The van der Waals surface area contributed by atoms with E-state index in [4.69, 9.17) is 14.2 Å². The van der Waals surface area contributed by atoms with Crippen molar-refractivity contribution in [1.29, 1.82) is 0 Å². The van der Waals surface area contributed by atoms with Crippen molar-refractivity contribution in [2.75, 3.05) is 20.3 Å². The lowest BCUT2D eigenvalue weighted by Crippen LogP contribution is -2.22. The van der Waals surface area contributed by atoms with Crippen molar-refractivity contribution in [3.05, 3.63) is 43.0 Å². The standard InChI is InChI=1S/C11H13NO4.C4H6N2/c1-14-9-4-2-3-5-10(9)15-7-8-6-12-11(13)16-8;1-6-3-2-5-4-6/h2-5,8H,6-7H2,1H3,(H,12,13);2-4H,1H3. The molecule has 1 aromatic carbocycles. The fourth-order valence-electron chi connectivity index (χ4n) is 1.77. The third kappa shape index (κ3) is 4.69. The van der Waals surface area contributed by atoms with Gasteiger partial charge < -0.3 is 24.1 Å². The maximum atomic E-state index is 10.8. The monoisotopic (exact) mass is 305 g/mol. The van der Waals surface area contributed by atoms with E-state index in [1.807, 2.05) is 42.1 Å². The Morgan fingerprint density at radius 1 is 1.41 bits per heavy atom. The molecule has 1 aliphatic heterocycles. The van der Waals surface area contributed by atoms with E-state index in [-0.39, 0.29) is 6.10 Å². The number of aromatic nitrogens is 2. The number of imidazole rings is 1. The van der Waals surface area contributed by atoms with Crippen LogP contribution in [0.3, 0.4) is 0 Å². The van der Waals surface area contributed by atoms with Gasteiger partial charge in [0.25, 0.3) is 0 Å². The maximum absolute atomic E-state index is 10.8. The zero-order valence-electron chi connectivity index (χ0n) is 12.6. The molecule has 118 valence electrons. The van der Waals surface area contributed by atoms with Gasteiger partial charge in [-0.3, -0.25) is 0 Å². The van der Waals surface area contributed by atoms with Crippen molar-refractivity contribution in [2.45, 2.75) is 6.10 Å². The number of rotatable bonds is 4.